The second kappa shape index (κ2) is 5.52. The smallest absolute Gasteiger partial charge is 0.0496 e. The van der Waals surface area contributed by atoms with Crippen molar-refractivity contribution in [3.63, 3.8) is 0 Å². The predicted molar refractivity (Wildman–Crippen MR) is 47.4 cm³/mol. The summed E-state index contributed by atoms with van der Waals surface area (Å²) < 4.78 is 0. The average Bonchev–Trinajstić information content (AvgIpc) is 2.05. The normalized spacial score (nSPS) is 16.4. The molecule has 0 spiro atoms. The Morgan fingerprint density at radius 3 is 2.55 bits per heavy atom. The summed E-state index contributed by atoms with van der Waals surface area (Å²) >= 11 is 0. The Morgan fingerprint density at radius 2 is 2.18 bits per heavy atom. The van der Waals surface area contributed by atoms with Crippen LogP contribution in [0.5, 0.6) is 0 Å². The van der Waals surface area contributed by atoms with Crippen molar-refractivity contribution in [1.29, 1.82) is 0 Å². The summed E-state index contributed by atoms with van der Waals surface area (Å²) in [4.78, 5) is 0. The maximum Gasteiger partial charge on any atom is 0.0496 e. The van der Waals surface area contributed by atoms with E-state index in [2.05, 4.69) is 19.2 Å². The lowest BCUT2D eigenvalue weighted by Gasteiger charge is -2.25. The first kappa shape index (κ1) is 10.9. The molecule has 0 radical (unpaired) electrons. The first-order chi connectivity index (χ1) is 5.18. The minimum absolute atomic E-state index is 0.0230. The fourth-order valence-electron chi connectivity index (χ4n) is 0.785. The minimum atomic E-state index is 0.0230. The monoisotopic (exact) mass is 160 g/mol. The molecule has 0 heterocycles. The lowest BCUT2D eigenvalue weighted by molar-refractivity contribution is 0.136. The van der Waals surface area contributed by atoms with Crippen LogP contribution >= 0.6 is 0 Å². The molecule has 0 saturated heterocycles. The topological polar surface area (TPSA) is 58.3 Å². The van der Waals surface area contributed by atoms with Crippen LogP contribution in [0.15, 0.2) is 0 Å². The summed E-state index contributed by atoms with van der Waals surface area (Å²) in [7, 11) is 0. The van der Waals surface area contributed by atoms with Gasteiger partial charge in [-0.1, -0.05) is 13.8 Å². The highest BCUT2D eigenvalue weighted by molar-refractivity contribution is 4.73. The molecule has 68 valence electrons. The van der Waals surface area contributed by atoms with Gasteiger partial charge in [-0.05, 0) is 6.42 Å². The Hall–Kier alpha value is -0.120. The molecule has 4 N–H and O–H groups in total. The first-order valence-electron chi connectivity index (χ1n) is 4.20. The van der Waals surface area contributed by atoms with E-state index in [9.17, 15) is 0 Å². The second-order valence-corrected chi connectivity index (χ2v) is 3.29. The summed E-state index contributed by atoms with van der Waals surface area (Å²) in [6, 6.07) is 0. The highest BCUT2D eigenvalue weighted by Gasteiger charge is 2.19. The van der Waals surface area contributed by atoms with Gasteiger partial charge in [-0.25, -0.2) is 0 Å². The van der Waals surface area contributed by atoms with Gasteiger partial charge in [0.25, 0.3) is 0 Å². The first-order valence-corrected chi connectivity index (χ1v) is 4.20. The van der Waals surface area contributed by atoms with Crippen LogP contribution in [0.1, 0.15) is 20.3 Å². The SMILES string of the molecule is CCC(C)(CO)CNCCN. The molecule has 0 aromatic heterocycles. The van der Waals surface area contributed by atoms with E-state index in [0.29, 0.717) is 6.54 Å². The maximum atomic E-state index is 9.01. The maximum absolute atomic E-state index is 9.01. The third-order valence-electron chi connectivity index (χ3n) is 2.11. The van der Waals surface area contributed by atoms with E-state index in [1.54, 1.807) is 0 Å². The van der Waals surface area contributed by atoms with Crippen LogP contribution in [0.2, 0.25) is 0 Å². The fraction of sp³-hybridized carbons (Fsp3) is 1.00. The molecule has 11 heavy (non-hydrogen) atoms. The highest BCUT2D eigenvalue weighted by atomic mass is 16.3. The molecule has 0 fully saturated rings. The van der Waals surface area contributed by atoms with Gasteiger partial charge < -0.3 is 16.2 Å². The Labute approximate surface area is 69.0 Å². The van der Waals surface area contributed by atoms with Crippen molar-refractivity contribution in [1.82, 2.24) is 5.32 Å². The molecule has 1 unspecified atom stereocenters. The van der Waals surface area contributed by atoms with Gasteiger partial charge in [-0.3, -0.25) is 0 Å². The molecule has 0 amide bonds. The van der Waals surface area contributed by atoms with Gasteiger partial charge in [0.15, 0.2) is 0 Å². The van der Waals surface area contributed by atoms with E-state index in [4.69, 9.17) is 10.8 Å². The zero-order chi connectivity index (χ0) is 8.74. The van der Waals surface area contributed by atoms with E-state index < -0.39 is 0 Å². The lowest BCUT2D eigenvalue weighted by Crippen LogP contribution is -2.36. The van der Waals surface area contributed by atoms with Gasteiger partial charge >= 0.3 is 0 Å². The molecule has 0 aliphatic rings. The summed E-state index contributed by atoms with van der Waals surface area (Å²) in [6.45, 7) is 6.72. The Kier molecular flexibility index (Phi) is 5.46. The Bertz CT molecular complexity index is 92.1. The summed E-state index contributed by atoms with van der Waals surface area (Å²) in [6.07, 6.45) is 0.987. The summed E-state index contributed by atoms with van der Waals surface area (Å²) in [5.41, 5.74) is 5.34. The van der Waals surface area contributed by atoms with Crippen molar-refractivity contribution in [2.45, 2.75) is 20.3 Å². The number of aliphatic hydroxyl groups excluding tert-OH is 1. The quantitative estimate of drug-likeness (QED) is 0.477. The van der Waals surface area contributed by atoms with Crippen molar-refractivity contribution in [3.8, 4) is 0 Å². The average molecular weight is 160 g/mol. The van der Waals surface area contributed by atoms with Crippen molar-refractivity contribution in [2.24, 2.45) is 11.1 Å². The van der Waals surface area contributed by atoms with E-state index >= 15 is 0 Å². The standard InChI is InChI=1S/C8H20N2O/c1-3-8(2,7-11)6-10-5-4-9/h10-11H,3-7,9H2,1-2H3. The number of rotatable bonds is 6. The molecule has 0 aliphatic carbocycles. The lowest BCUT2D eigenvalue weighted by atomic mass is 9.89. The number of hydrogen-bond acceptors (Lipinski definition) is 3. The van der Waals surface area contributed by atoms with Crippen LogP contribution in [0.4, 0.5) is 0 Å². The minimum Gasteiger partial charge on any atom is -0.396 e. The van der Waals surface area contributed by atoms with Gasteiger partial charge in [0.05, 0.1) is 0 Å². The second-order valence-electron chi connectivity index (χ2n) is 3.29. The third kappa shape index (κ3) is 4.35. The van der Waals surface area contributed by atoms with Gasteiger partial charge in [0.2, 0.25) is 0 Å². The summed E-state index contributed by atoms with van der Waals surface area (Å²) in [5.74, 6) is 0. The summed E-state index contributed by atoms with van der Waals surface area (Å²) in [5, 5.41) is 12.2. The van der Waals surface area contributed by atoms with Crippen LogP contribution in [-0.2, 0) is 0 Å². The molecular weight excluding hydrogens is 140 g/mol. The molecule has 3 heteroatoms. The highest BCUT2D eigenvalue weighted by Crippen LogP contribution is 2.17. The van der Waals surface area contributed by atoms with Crippen LogP contribution in [0.3, 0.4) is 0 Å². The van der Waals surface area contributed by atoms with Crippen LogP contribution in [-0.4, -0.2) is 31.3 Å². The van der Waals surface area contributed by atoms with Gasteiger partial charge in [-0.15, -0.1) is 0 Å². The molecule has 0 rings (SSSR count). The fourth-order valence-corrected chi connectivity index (χ4v) is 0.785. The molecule has 0 aliphatic heterocycles. The van der Waals surface area contributed by atoms with E-state index in [1.807, 2.05) is 0 Å². The largest absolute Gasteiger partial charge is 0.396 e. The zero-order valence-electron chi connectivity index (χ0n) is 7.56. The van der Waals surface area contributed by atoms with Crippen molar-refractivity contribution in [3.05, 3.63) is 0 Å². The number of aliphatic hydroxyl groups is 1. The van der Waals surface area contributed by atoms with Crippen LogP contribution in [0, 0.1) is 5.41 Å². The molecular formula is C8H20N2O. The third-order valence-corrected chi connectivity index (χ3v) is 2.11. The van der Waals surface area contributed by atoms with Gasteiger partial charge in [0, 0.05) is 31.7 Å². The van der Waals surface area contributed by atoms with Crippen LogP contribution in [0.25, 0.3) is 0 Å². The van der Waals surface area contributed by atoms with Crippen LogP contribution < -0.4 is 11.1 Å². The number of hydrogen-bond donors (Lipinski definition) is 3. The molecule has 0 saturated carbocycles. The van der Waals surface area contributed by atoms with Gasteiger partial charge in [0.1, 0.15) is 0 Å². The Balaban J connectivity index is 3.51. The Morgan fingerprint density at radius 1 is 1.55 bits per heavy atom. The zero-order valence-corrected chi connectivity index (χ0v) is 7.56. The van der Waals surface area contributed by atoms with E-state index in [-0.39, 0.29) is 12.0 Å². The van der Waals surface area contributed by atoms with E-state index in [1.165, 1.54) is 0 Å². The van der Waals surface area contributed by atoms with Crippen molar-refractivity contribution < 1.29 is 5.11 Å². The number of nitrogens with one attached hydrogen (secondary N) is 1. The van der Waals surface area contributed by atoms with Crippen molar-refractivity contribution in [2.75, 3.05) is 26.2 Å². The molecule has 0 aromatic carbocycles. The molecule has 3 nitrogen and oxygen atoms in total. The van der Waals surface area contributed by atoms with Crippen molar-refractivity contribution >= 4 is 0 Å². The molecule has 0 aromatic rings. The predicted octanol–water partition coefficient (Wildman–Crippen LogP) is -0.0567. The van der Waals surface area contributed by atoms with Gasteiger partial charge in [-0.2, -0.15) is 0 Å². The number of nitrogens with two attached hydrogens (primary N) is 1. The molecule has 1 atom stereocenters. The molecule has 0 bridgehead atoms. The van der Waals surface area contributed by atoms with E-state index in [0.717, 1.165) is 19.5 Å².